The van der Waals surface area contributed by atoms with Crippen LogP contribution in [0.1, 0.15) is 27.0 Å². The van der Waals surface area contributed by atoms with Crippen LogP contribution in [0.5, 0.6) is 5.75 Å². The van der Waals surface area contributed by atoms with Crippen molar-refractivity contribution in [2.24, 2.45) is 0 Å². The number of Topliss-reactive ketones (excluding diaryl/α,β-unsaturated/α-hetero) is 1. The van der Waals surface area contributed by atoms with Crippen molar-refractivity contribution in [3.05, 3.63) is 45.9 Å². The van der Waals surface area contributed by atoms with E-state index in [1.807, 2.05) is 6.07 Å². The van der Waals surface area contributed by atoms with E-state index in [2.05, 4.69) is 18.0 Å². The maximum atomic E-state index is 12.2. The minimum absolute atomic E-state index is 0.0683. The molecule has 0 aromatic carbocycles. The summed E-state index contributed by atoms with van der Waals surface area (Å²) >= 11 is 1.69. The Hall–Kier alpha value is -1.68. The molecule has 0 amide bonds. The summed E-state index contributed by atoms with van der Waals surface area (Å²) in [7, 11) is 1.55. The summed E-state index contributed by atoms with van der Waals surface area (Å²) < 4.78 is 5.15. The van der Waals surface area contributed by atoms with Gasteiger partial charge in [-0.25, -0.2) is 0 Å². The molecule has 0 saturated carbocycles. The first-order valence-electron chi connectivity index (χ1n) is 5.83. The molecule has 2 rings (SSSR count). The summed E-state index contributed by atoms with van der Waals surface area (Å²) in [5, 5.41) is 0. The summed E-state index contributed by atoms with van der Waals surface area (Å²) in [4.78, 5) is 18.5. The van der Waals surface area contributed by atoms with Gasteiger partial charge in [-0.1, -0.05) is 6.92 Å². The Kier molecular flexibility index (Phi) is 4.10. The lowest BCUT2D eigenvalue weighted by Gasteiger charge is -2.05. The lowest BCUT2D eigenvalue weighted by atomic mass is 10.1. The highest BCUT2D eigenvalue weighted by molar-refractivity contribution is 7.12. The number of nitrogens with zero attached hydrogens (tertiary/aromatic N) is 1. The Morgan fingerprint density at radius 1 is 1.33 bits per heavy atom. The number of hydrogen-bond donors (Lipinski definition) is 0. The van der Waals surface area contributed by atoms with E-state index >= 15 is 0 Å². The van der Waals surface area contributed by atoms with Crippen LogP contribution < -0.4 is 4.74 Å². The number of rotatable bonds is 5. The van der Waals surface area contributed by atoms with Crippen LogP contribution in [-0.4, -0.2) is 17.9 Å². The van der Waals surface area contributed by atoms with E-state index in [9.17, 15) is 4.79 Å². The van der Waals surface area contributed by atoms with Gasteiger partial charge >= 0.3 is 0 Å². The number of thiophene rings is 1. The molecule has 0 aliphatic heterocycles. The van der Waals surface area contributed by atoms with Gasteiger partial charge in [0.15, 0.2) is 5.78 Å². The molecule has 0 fully saturated rings. The number of ether oxygens (including phenoxy) is 1. The second-order valence-electron chi connectivity index (χ2n) is 3.90. The molecule has 0 N–H and O–H groups in total. The average molecular weight is 261 g/mol. The molecule has 0 atom stereocenters. The summed E-state index contributed by atoms with van der Waals surface area (Å²) in [5.41, 5.74) is 0.596. The fraction of sp³-hybridized carbons (Fsp3) is 0.286. The minimum atomic E-state index is 0.0683. The van der Waals surface area contributed by atoms with E-state index in [0.29, 0.717) is 17.7 Å². The molecule has 0 unspecified atom stereocenters. The summed E-state index contributed by atoms with van der Waals surface area (Å²) in [6.45, 7) is 2.11. The lowest BCUT2D eigenvalue weighted by Crippen LogP contribution is -2.05. The standard InChI is InChI=1S/C14H15NO2S/c1-3-10-4-5-11(18-10)8-13(16)12-6-7-15-9-14(12)17-2/h4-7,9H,3,8H2,1-2H3. The Bertz CT molecular complexity index is 548. The van der Waals surface area contributed by atoms with E-state index in [0.717, 1.165) is 11.3 Å². The van der Waals surface area contributed by atoms with Crippen molar-refractivity contribution in [3.63, 3.8) is 0 Å². The second kappa shape index (κ2) is 5.78. The monoisotopic (exact) mass is 261 g/mol. The Balaban J connectivity index is 2.16. The van der Waals surface area contributed by atoms with Crippen molar-refractivity contribution in [1.29, 1.82) is 0 Å². The second-order valence-corrected chi connectivity index (χ2v) is 5.15. The fourth-order valence-electron chi connectivity index (χ4n) is 1.73. The number of methoxy groups -OCH3 is 1. The number of carbonyl (C=O) groups excluding carboxylic acids is 1. The first kappa shape index (κ1) is 12.8. The van der Waals surface area contributed by atoms with Crippen LogP contribution in [0, 0.1) is 0 Å². The number of carbonyl (C=O) groups is 1. The van der Waals surface area contributed by atoms with E-state index in [-0.39, 0.29) is 5.78 Å². The summed E-state index contributed by atoms with van der Waals surface area (Å²) in [6.07, 6.45) is 4.61. The van der Waals surface area contributed by atoms with Gasteiger partial charge in [-0.3, -0.25) is 9.78 Å². The van der Waals surface area contributed by atoms with Crippen LogP contribution in [0.3, 0.4) is 0 Å². The van der Waals surface area contributed by atoms with Gasteiger partial charge in [-0.15, -0.1) is 11.3 Å². The molecule has 3 nitrogen and oxygen atoms in total. The van der Waals surface area contributed by atoms with Crippen molar-refractivity contribution in [3.8, 4) is 5.75 Å². The zero-order valence-corrected chi connectivity index (χ0v) is 11.3. The third-order valence-electron chi connectivity index (χ3n) is 2.71. The van der Waals surface area contributed by atoms with Gasteiger partial charge in [0.05, 0.1) is 18.9 Å². The van der Waals surface area contributed by atoms with E-state index in [1.165, 1.54) is 4.88 Å². The number of aryl methyl sites for hydroxylation is 1. The molecular formula is C14H15NO2S. The Morgan fingerprint density at radius 2 is 2.11 bits per heavy atom. The topological polar surface area (TPSA) is 39.2 Å². The predicted molar refractivity (Wildman–Crippen MR) is 72.5 cm³/mol. The Morgan fingerprint density at radius 3 is 2.78 bits per heavy atom. The van der Waals surface area contributed by atoms with Crippen LogP contribution in [0.15, 0.2) is 30.6 Å². The molecule has 0 aliphatic rings. The van der Waals surface area contributed by atoms with Gasteiger partial charge in [-0.2, -0.15) is 0 Å². The highest BCUT2D eigenvalue weighted by atomic mass is 32.1. The van der Waals surface area contributed by atoms with Crippen molar-refractivity contribution >= 4 is 17.1 Å². The maximum Gasteiger partial charge on any atom is 0.171 e. The molecule has 2 aromatic heterocycles. The number of ketones is 1. The van der Waals surface area contributed by atoms with Gasteiger partial charge in [0.25, 0.3) is 0 Å². The van der Waals surface area contributed by atoms with E-state index in [4.69, 9.17) is 4.74 Å². The smallest absolute Gasteiger partial charge is 0.171 e. The summed E-state index contributed by atoms with van der Waals surface area (Å²) in [5.74, 6) is 0.605. The van der Waals surface area contributed by atoms with Crippen molar-refractivity contribution in [2.45, 2.75) is 19.8 Å². The van der Waals surface area contributed by atoms with E-state index < -0.39 is 0 Å². The number of pyridine rings is 1. The highest BCUT2D eigenvalue weighted by Crippen LogP contribution is 2.22. The fourth-order valence-corrected chi connectivity index (χ4v) is 2.69. The van der Waals surface area contributed by atoms with Gasteiger partial charge in [0.1, 0.15) is 5.75 Å². The van der Waals surface area contributed by atoms with Crippen molar-refractivity contribution in [2.75, 3.05) is 7.11 Å². The summed E-state index contributed by atoms with van der Waals surface area (Å²) in [6, 6.07) is 5.81. The molecule has 0 bridgehead atoms. The number of aromatic nitrogens is 1. The third kappa shape index (κ3) is 2.76. The van der Waals surface area contributed by atoms with E-state index in [1.54, 1.807) is 36.9 Å². The molecule has 18 heavy (non-hydrogen) atoms. The molecule has 0 radical (unpaired) electrons. The zero-order valence-electron chi connectivity index (χ0n) is 10.5. The molecule has 4 heteroatoms. The van der Waals surface area contributed by atoms with Gasteiger partial charge in [0.2, 0.25) is 0 Å². The minimum Gasteiger partial charge on any atom is -0.494 e. The molecule has 0 spiro atoms. The van der Waals surface area contributed by atoms with Crippen LogP contribution >= 0.6 is 11.3 Å². The Labute approximate surface area is 110 Å². The van der Waals surface area contributed by atoms with Gasteiger partial charge < -0.3 is 4.74 Å². The molecule has 94 valence electrons. The first-order valence-corrected chi connectivity index (χ1v) is 6.65. The van der Waals surface area contributed by atoms with Crippen LogP contribution in [0.2, 0.25) is 0 Å². The lowest BCUT2D eigenvalue weighted by molar-refractivity contribution is 0.0990. The largest absolute Gasteiger partial charge is 0.494 e. The van der Waals surface area contributed by atoms with Gasteiger partial charge in [-0.05, 0) is 24.6 Å². The molecule has 2 aromatic rings. The average Bonchev–Trinajstić information content (AvgIpc) is 2.86. The van der Waals surface area contributed by atoms with Crippen LogP contribution in [0.4, 0.5) is 0 Å². The molecule has 0 aliphatic carbocycles. The SMILES string of the molecule is CCc1ccc(CC(=O)c2ccncc2OC)s1. The van der Waals surface area contributed by atoms with Crippen molar-refractivity contribution in [1.82, 2.24) is 4.98 Å². The molecule has 2 heterocycles. The quantitative estimate of drug-likeness (QED) is 0.776. The predicted octanol–water partition coefficient (Wildman–Crippen LogP) is 3.14. The molecule has 0 saturated heterocycles. The first-order chi connectivity index (χ1) is 8.74. The zero-order chi connectivity index (χ0) is 13.0. The van der Waals surface area contributed by atoms with Crippen molar-refractivity contribution < 1.29 is 9.53 Å². The third-order valence-corrected chi connectivity index (χ3v) is 3.93. The number of hydrogen-bond acceptors (Lipinski definition) is 4. The van der Waals surface area contributed by atoms with Crippen LogP contribution in [-0.2, 0) is 12.8 Å². The molecular weight excluding hydrogens is 246 g/mol. The van der Waals surface area contributed by atoms with Gasteiger partial charge in [0, 0.05) is 22.4 Å². The highest BCUT2D eigenvalue weighted by Gasteiger charge is 2.13. The van der Waals surface area contributed by atoms with Crippen LogP contribution in [0.25, 0.3) is 0 Å². The normalized spacial score (nSPS) is 10.3. The maximum absolute atomic E-state index is 12.2.